The zero-order chi connectivity index (χ0) is 39.3. The van der Waals surface area contributed by atoms with Gasteiger partial charge in [-0.3, -0.25) is 9.59 Å². The van der Waals surface area contributed by atoms with Crippen LogP contribution in [-0.2, 0) is 25.4 Å². The van der Waals surface area contributed by atoms with Crippen LogP contribution in [-0.4, -0.2) is 112 Å². The van der Waals surface area contributed by atoms with Crippen molar-refractivity contribution in [3.8, 4) is 0 Å². The first kappa shape index (κ1) is 42.9. The molecule has 0 fully saturated rings. The molecule has 0 radical (unpaired) electrons. The maximum atomic E-state index is 12.6. The smallest absolute Gasteiger partial charge is 0.251 e. The number of benzene rings is 3. The Morgan fingerprint density at radius 1 is 0.571 bits per heavy atom. The largest absolute Gasteiger partial charge is 0.379 e. The highest BCUT2D eigenvalue weighted by molar-refractivity contribution is 5.94. The van der Waals surface area contributed by atoms with E-state index in [1.165, 1.54) is 5.56 Å². The Morgan fingerprint density at radius 2 is 1.09 bits per heavy atom. The van der Waals surface area contributed by atoms with Crippen LogP contribution in [0.1, 0.15) is 39.1 Å². The molecule has 2 amide bonds. The second-order valence-corrected chi connectivity index (χ2v) is 12.1. The molecule has 298 valence electrons. The van der Waals surface area contributed by atoms with Gasteiger partial charge in [0, 0.05) is 54.4 Å². The lowest BCUT2D eigenvalue weighted by Gasteiger charge is -2.12. The monoisotopic (exact) mass is 769 g/mol. The molecular weight excluding hydrogens is 718 g/mol. The average Bonchev–Trinajstić information content (AvgIpc) is 3.23. The van der Waals surface area contributed by atoms with Crippen molar-refractivity contribution in [3.05, 3.63) is 112 Å². The first-order valence-electron chi connectivity index (χ1n) is 18.7. The number of hydrogen-bond acceptors (Lipinski definition) is 13. The number of carbonyl (C=O) groups is 2. The van der Waals surface area contributed by atoms with Crippen molar-refractivity contribution in [1.82, 2.24) is 25.6 Å². The highest BCUT2D eigenvalue weighted by Crippen LogP contribution is 2.17. The first-order valence-corrected chi connectivity index (χ1v) is 18.7. The summed E-state index contributed by atoms with van der Waals surface area (Å²) in [6.45, 7) is 5.16. The van der Waals surface area contributed by atoms with Crippen molar-refractivity contribution in [2.45, 2.75) is 19.3 Å². The van der Waals surface area contributed by atoms with Crippen molar-refractivity contribution >= 4 is 35.3 Å². The van der Waals surface area contributed by atoms with Crippen molar-refractivity contribution in [2.75, 3.05) is 102 Å². The number of nitrogens with zero attached hydrogens (tertiary/aromatic N) is 6. The van der Waals surface area contributed by atoms with Gasteiger partial charge in [-0.1, -0.05) is 53.6 Å². The molecule has 0 bridgehead atoms. The van der Waals surface area contributed by atoms with Crippen LogP contribution in [0.3, 0.4) is 0 Å². The van der Waals surface area contributed by atoms with E-state index in [1.807, 2.05) is 24.3 Å². The van der Waals surface area contributed by atoms with Crippen molar-refractivity contribution in [1.29, 1.82) is 0 Å². The minimum atomic E-state index is -0.225. The molecule has 0 aliphatic rings. The number of anilines is 4. The molecule has 0 saturated heterocycles. The minimum absolute atomic E-state index is 0.132. The number of aromatic nitrogens is 3. The lowest BCUT2D eigenvalue weighted by Crippen LogP contribution is -2.27. The standard InChI is InChI=1S/C39H51N11O6/c40-50-45-22-26-56-30-29-54-24-20-42-36(52)33-14-16-34(17-15-33)46-39-48-37(43-18-8-7-11-31-9-3-1-4-10-31)47-38(49-39)44-21-25-55-28-27-53-23-19-41-35(51)32-12-5-2-6-13-32/h1-6,9-10,12-17H,7-8,11,18-30H2,(H,41,51)(H,42,52)(H3,43,44,46,47,48,49). The van der Waals surface area contributed by atoms with Gasteiger partial charge in [0.15, 0.2) is 0 Å². The predicted molar refractivity (Wildman–Crippen MR) is 214 cm³/mol. The fourth-order valence-corrected chi connectivity index (χ4v) is 5.02. The Kier molecular flexibility index (Phi) is 20.6. The van der Waals surface area contributed by atoms with Gasteiger partial charge in [0.05, 0.1) is 52.9 Å². The summed E-state index contributed by atoms with van der Waals surface area (Å²) < 4.78 is 22.0. The van der Waals surface area contributed by atoms with E-state index < -0.39 is 0 Å². The van der Waals surface area contributed by atoms with Gasteiger partial charge in [-0.25, -0.2) is 0 Å². The number of aryl methyl sites for hydroxylation is 1. The molecule has 1 heterocycles. The molecule has 0 unspecified atom stereocenters. The van der Waals surface area contributed by atoms with Gasteiger partial charge in [-0.2, -0.15) is 15.0 Å². The summed E-state index contributed by atoms with van der Waals surface area (Å²) in [5.74, 6) is 0.779. The van der Waals surface area contributed by atoms with Gasteiger partial charge in [-0.05, 0) is 66.8 Å². The van der Waals surface area contributed by atoms with Crippen LogP contribution in [0.25, 0.3) is 10.4 Å². The molecule has 17 heteroatoms. The van der Waals surface area contributed by atoms with Crippen LogP contribution >= 0.6 is 0 Å². The fraction of sp³-hybridized carbons (Fsp3) is 0.410. The van der Waals surface area contributed by atoms with Crippen molar-refractivity contribution < 1.29 is 28.5 Å². The molecular formula is C39H51N11O6. The molecule has 0 spiro atoms. The van der Waals surface area contributed by atoms with Gasteiger partial charge in [0.1, 0.15) is 0 Å². The van der Waals surface area contributed by atoms with E-state index >= 15 is 0 Å². The van der Waals surface area contributed by atoms with E-state index in [2.05, 4.69) is 75.8 Å². The van der Waals surface area contributed by atoms with E-state index in [-0.39, 0.29) is 18.4 Å². The number of rotatable bonds is 29. The van der Waals surface area contributed by atoms with E-state index in [0.29, 0.717) is 114 Å². The zero-order valence-corrected chi connectivity index (χ0v) is 31.5. The Hall–Kier alpha value is -5.84. The Bertz CT molecular complexity index is 1750. The number of amides is 2. The molecule has 0 aliphatic carbocycles. The summed E-state index contributed by atoms with van der Waals surface area (Å²) in [6, 6.07) is 26.4. The highest BCUT2D eigenvalue weighted by atomic mass is 16.5. The van der Waals surface area contributed by atoms with Crippen LogP contribution in [0, 0.1) is 0 Å². The van der Waals surface area contributed by atoms with Gasteiger partial charge in [0.25, 0.3) is 11.8 Å². The molecule has 0 atom stereocenters. The summed E-state index contributed by atoms with van der Waals surface area (Å²) >= 11 is 0. The van der Waals surface area contributed by atoms with Crippen molar-refractivity contribution in [2.24, 2.45) is 5.11 Å². The SMILES string of the molecule is [N-]=[N+]=NCCOCCOCCNC(=O)c1ccc(Nc2nc(NCCCCc3ccccc3)nc(NCCOCCOCCNC(=O)c3ccccc3)n2)cc1. The van der Waals surface area contributed by atoms with Crippen molar-refractivity contribution in [3.63, 3.8) is 0 Å². The van der Waals surface area contributed by atoms with Gasteiger partial charge >= 0.3 is 0 Å². The number of nitrogens with one attached hydrogen (secondary N) is 5. The summed E-state index contributed by atoms with van der Waals surface area (Å²) in [4.78, 5) is 41.1. The predicted octanol–water partition coefficient (Wildman–Crippen LogP) is 5.00. The maximum Gasteiger partial charge on any atom is 0.251 e. The van der Waals surface area contributed by atoms with Crippen LogP contribution < -0.4 is 26.6 Å². The Morgan fingerprint density at radius 3 is 1.70 bits per heavy atom. The van der Waals surface area contributed by atoms with E-state index in [9.17, 15) is 9.59 Å². The van der Waals surface area contributed by atoms with Crippen LogP contribution in [0.2, 0.25) is 0 Å². The van der Waals surface area contributed by atoms with Crippen LogP contribution in [0.5, 0.6) is 0 Å². The third-order valence-corrected chi connectivity index (χ3v) is 7.83. The van der Waals surface area contributed by atoms with Gasteiger partial charge in [0.2, 0.25) is 17.8 Å². The van der Waals surface area contributed by atoms with Gasteiger partial charge < -0.3 is 45.5 Å². The number of carbonyl (C=O) groups excluding carboxylic acids is 2. The molecule has 4 rings (SSSR count). The molecule has 0 aliphatic heterocycles. The number of hydrogen-bond donors (Lipinski definition) is 5. The molecule has 0 saturated carbocycles. The molecule has 17 nitrogen and oxygen atoms in total. The second-order valence-electron chi connectivity index (χ2n) is 12.1. The van der Waals surface area contributed by atoms with Crippen LogP contribution in [0.15, 0.2) is 90.0 Å². The van der Waals surface area contributed by atoms with Crippen LogP contribution in [0.4, 0.5) is 23.5 Å². The third kappa shape index (κ3) is 18.0. The average molecular weight is 770 g/mol. The molecule has 56 heavy (non-hydrogen) atoms. The Balaban J connectivity index is 1.18. The quantitative estimate of drug-likeness (QED) is 0.0213. The lowest BCUT2D eigenvalue weighted by molar-refractivity contribution is 0.0511. The molecule has 3 aromatic carbocycles. The fourth-order valence-electron chi connectivity index (χ4n) is 5.02. The molecule has 4 aromatic rings. The zero-order valence-electron chi connectivity index (χ0n) is 31.5. The Labute approximate surface area is 326 Å². The highest BCUT2D eigenvalue weighted by Gasteiger charge is 2.10. The third-order valence-electron chi connectivity index (χ3n) is 7.83. The summed E-state index contributed by atoms with van der Waals surface area (Å²) in [5.41, 5.74) is 11.4. The van der Waals surface area contributed by atoms with E-state index in [1.54, 1.807) is 36.4 Å². The number of unbranched alkanes of at least 4 members (excludes halogenated alkanes) is 1. The number of azide groups is 1. The topological polar surface area (TPSA) is 219 Å². The summed E-state index contributed by atoms with van der Waals surface area (Å²) in [6.07, 6.45) is 2.95. The van der Waals surface area contributed by atoms with E-state index in [4.69, 9.17) is 24.5 Å². The number of ether oxygens (including phenoxy) is 4. The molecule has 1 aromatic heterocycles. The van der Waals surface area contributed by atoms with E-state index in [0.717, 1.165) is 19.3 Å². The normalized spacial score (nSPS) is 10.6. The van der Waals surface area contributed by atoms with Gasteiger partial charge in [-0.15, -0.1) is 0 Å². The molecule has 5 N–H and O–H groups in total. The minimum Gasteiger partial charge on any atom is -0.379 e. The summed E-state index contributed by atoms with van der Waals surface area (Å²) in [5, 5.41) is 18.8. The second kappa shape index (κ2) is 26.9. The summed E-state index contributed by atoms with van der Waals surface area (Å²) in [7, 11) is 0. The maximum absolute atomic E-state index is 12.6. The lowest BCUT2D eigenvalue weighted by atomic mass is 10.1. The first-order chi connectivity index (χ1) is 27.6.